The fourth-order valence-electron chi connectivity index (χ4n) is 3.43. The predicted octanol–water partition coefficient (Wildman–Crippen LogP) is 3.82. The molecule has 0 aliphatic rings. The summed E-state index contributed by atoms with van der Waals surface area (Å²) in [5.41, 5.74) is 4.10. The summed E-state index contributed by atoms with van der Waals surface area (Å²) in [6.07, 6.45) is 4.95. The predicted molar refractivity (Wildman–Crippen MR) is 114 cm³/mol. The summed E-state index contributed by atoms with van der Waals surface area (Å²) in [6.45, 7) is 1.90. The van der Waals surface area contributed by atoms with E-state index in [1.54, 1.807) is 41.3 Å². The number of nitrogens with one attached hydrogen (secondary N) is 2. The Labute approximate surface area is 176 Å². The first-order valence-corrected chi connectivity index (χ1v) is 9.60. The number of H-pyrrole nitrogens is 1. The molecule has 5 aromatic rings. The highest BCUT2D eigenvalue weighted by Crippen LogP contribution is 2.31. The highest BCUT2D eigenvalue weighted by molar-refractivity contribution is 6.03. The largest absolute Gasteiger partial charge is 0.367 e. The van der Waals surface area contributed by atoms with E-state index in [0.29, 0.717) is 28.4 Å². The molecule has 1 aromatic carbocycles. The molecule has 1 amide bonds. The van der Waals surface area contributed by atoms with Gasteiger partial charge < -0.3 is 14.9 Å². The molecule has 0 atom stereocenters. The highest BCUT2D eigenvalue weighted by atomic mass is 19.1. The molecule has 0 fully saturated rings. The van der Waals surface area contributed by atoms with Gasteiger partial charge in [-0.25, -0.2) is 18.9 Å². The summed E-state index contributed by atoms with van der Waals surface area (Å²) < 4.78 is 16.9. The zero-order chi connectivity index (χ0) is 21.5. The lowest BCUT2D eigenvalue weighted by Gasteiger charge is -2.07. The first kappa shape index (κ1) is 18.7. The molecule has 0 aliphatic carbocycles. The topological polar surface area (TPSA) is 92.9 Å². The van der Waals surface area contributed by atoms with Crippen LogP contribution in [-0.4, -0.2) is 35.0 Å². The van der Waals surface area contributed by atoms with Gasteiger partial charge in [0.15, 0.2) is 11.5 Å². The maximum atomic E-state index is 13.4. The van der Waals surface area contributed by atoms with E-state index in [1.807, 2.05) is 30.7 Å². The Morgan fingerprint density at radius 2 is 1.90 bits per heavy atom. The summed E-state index contributed by atoms with van der Waals surface area (Å²) in [5, 5.41) is 7.44. The molecule has 2 N–H and O–H groups in total. The van der Waals surface area contributed by atoms with E-state index in [1.165, 1.54) is 12.1 Å². The Bertz CT molecular complexity index is 1400. The van der Waals surface area contributed by atoms with Crippen molar-refractivity contribution in [3.63, 3.8) is 0 Å². The van der Waals surface area contributed by atoms with E-state index in [4.69, 9.17) is 0 Å². The van der Waals surface area contributed by atoms with Crippen LogP contribution in [0, 0.1) is 12.7 Å². The third kappa shape index (κ3) is 3.35. The minimum Gasteiger partial charge on any atom is -0.367 e. The smallest absolute Gasteiger partial charge is 0.258 e. The molecule has 0 spiro atoms. The lowest BCUT2D eigenvalue weighted by Crippen LogP contribution is -2.10. The fourth-order valence-corrected chi connectivity index (χ4v) is 3.43. The van der Waals surface area contributed by atoms with Crippen LogP contribution in [0.25, 0.3) is 28.3 Å². The summed E-state index contributed by atoms with van der Waals surface area (Å²) >= 11 is 0. The number of aromatic amines is 1. The Kier molecular flexibility index (Phi) is 4.36. The van der Waals surface area contributed by atoms with Crippen molar-refractivity contribution >= 4 is 17.4 Å². The SMILES string of the molecule is Cc1nc(-c2ccc(F)cc2)c(-c2ccc3nc(NC(=O)c4cc[nH]c4)cn3n2)n1C. The van der Waals surface area contributed by atoms with Crippen molar-refractivity contribution < 1.29 is 9.18 Å². The minimum absolute atomic E-state index is 0.259. The van der Waals surface area contributed by atoms with Crippen LogP contribution in [0.15, 0.2) is 61.1 Å². The second-order valence-corrected chi connectivity index (χ2v) is 7.12. The Balaban J connectivity index is 1.54. The van der Waals surface area contributed by atoms with Gasteiger partial charge in [0.2, 0.25) is 0 Å². The Morgan fingerprint density at radius 3 is 2.65 bits per heavy atom. The number of aryl methyl sites for hydroxylation is 1. The zero-order valence-corrected chi connectivity index (χ0v) is 16.8. The number of hydrogen-bond donors (Lipinski definition) is 2. The molecule has 0 aliphatic heterocycles. The van der Waals surface area contributed by atoms with Crippen molar-refractivity contribution in [3.8, 4) is 22.6 Å². The molecule has 5 rings (SSSR count). The molecule has 4 aromatic heterocycles. The van der Waals surface area contributed by atoms with Crippen molar-refractivity contribution in [3.05, 3.63) is 78.3 Å². The number of anilines is 1. The van der Waals surface area contributed by atoms with Gasteiger partial charge in [0.25, 0.3) is 5.91 Å². The number of amides is 1. The third-order valence-corrected chi connectivity index (χ3v) is 5.10. The second kappa shape index (κ2) is 7.21. The summed E-state index contributed by atoms with van der Waals surface area (Å²) in [7, 11) is 1.91. The first-order valence-electron chi connectivity index (χ1n) is 9.60. The third-order valence-electron chi connectivity index (χ3n) is 5.10. The number of imidazole rings is 2. The van der Waals surface area contributed by atoms with E-state index in [2.05, 4.69) is 25.4 Å². The number of aromatic nitrogens is 6. The van der Waals surface area contributed by atoms with E-state index < -0.39 is 0 Å². The maximum absolute atomic E-state index is 13.4. The quantitative estimate of drug-likeness (QED) is 0.467. The van der Waals surface area contributed by atoms with Gasteiger partial charge in [-0.05, 0) is 49.4 Å². The van der Waals surface area contributed by atoms with E-state index in [9.17, 15) is 9.18 Å². The van der Waals surface area contributed by atoms with Crippen LogP contribution in [0.4, 0.5) is 10.2 Å². The van der Waals surface area contributed by atoms with Crippen LogP contribution in [0.3, 0.4) is 0 Å². The number of carbonyl (C=O) groups excluding carboxylic acids is 1. The zero-order valence-electron chi connectivity index (χ0n) is 16.8. The van der Waals surface area contributed by atoms with Crippen molar-refractivity contribution in [2.75, 3.05) is 5.32 Å². The molecule has 0 radical (unpaired) electrons. The lowest BCUT2D eigenvalue weighted by atomic mass is 10.1. The second-order valence-electron chi connectivity index (χ2n) is 7.12. The van der Waals surface area contributed by atoms with Crippen LogP contribution in [-0.2, 0) is 7.05 Å². The van der Waals surface area contributed by atoms with Gasteiger partial charge in [0.05, 0.1) is 23.1 Å². The summed E-state index contributed by atoms with van der Waals surface area (Å²) in [6, 6.07) is 11.6. The lowest BCUT2D eigenvalue weighted by molar-refractivity contribution is 0.102. The molecular formula is C22H18FN7O. The van der Waals surface area contributed by atoms with E-state index >= 15 is 0 Å². The van der Waals surface area contributed by atoms with Gasteiger partial charge in [-0.3, -0.25) is 4.79 Å². The molecular weight excluding hydrogens is 397 g/mol. The number of hydrogen-bond acceptors (Lipinski definition) is 4. The van der Waals surface area contributed by atoms with Crippen LogP contribution in [0.1, 0.15) is 16.2 Å². The van der Waals surface area contributed by atoms with Crippen LogP contribution < -0.4 is 5.32 Å². The monoisotopic (exact) mass is 415 g/mol. The van der Waals surface area contributed by atoms with Gasteiger partial charge in [-0.1, -0.05) is 0 Å². The average molecular weight is 415 g/mol. The van der Waals surface area contributed by atoms with Crippen molar-refractivity contribution in [1.29, 1.82) is 0 Å². The number of benzene rings is 1. The Hall–Kier alpha value is -4.27. The number of nitrogens with zero attached hydrogens (tertiary/aromatic N) is 5. The van der Waals surface area contributed by atoms with E-state index in [0.717, 1.165) is 17.1 Å². The van der Waals surface area contributed by atoms with Gasteiger partial charge in [-0.15, -0.1) is 0 Å². The van der Waals surface area contributed by atoms with Gasteiger partial charge in [0.1, 0.15) is 17.3 Å². The molecule has 8 nitrogen and oxygen atoms in total. The Morgan fingerprint density at radius 1 is 1.10 bits per heavy atom. The number of rotatable bonds is 4. The van der Waals surface area contributed by atoms with Gasteiger partial charge >= 0.3 is 0 Å². The van der Waals surface area contributed by atoms with Gasteiger partial charge in [0, 0.05) is 25.0 Å². The minimum atomic E-state index is -0.301. The molecule has 4 heterocycles. The molecule has 0 unspecified atom stereocenters. The normalized spacial score (nSPS) is 11.2. The number of fused-ring (bicyclic) bond motifs is 1. The summed E-state index contributed by atoms with van der Waals surface area (Å²) in [5.74, 6) is 0.646. The van der Waals surface area contributed by atoms with Gasteiger partial charge in [-0.2, -0.15) is 5.10 Å². The van der Waals surface area contributed by atoms with Crippen molar-refractivity contribution in [1.82, 2.24) is 29.1 Å². The molecule has 0 saturated carbocycles. The van der Waals surface area contributed by atoms with Crippen molar-refractivity contribution in [2.45, 2.75) is 6.92 Å². The molecule has 154 valence electrons. The maximum Gasteiger partial charge on any atom is 0.258 e. The highest BCUT2D eigenvalue weighted by Gasteiger charge is 2.18. The fraction of sp³-hybridized carbons (Fsp3) is 0.0909. The number of halogens is 1. The molecule has 9 heteroatoms. The standard InChI is InChI=1S/C22H18FN7O/c1-13-25-20(14-3-5-16(23)6-4-14)21(29(13)2)17-7-8-19-26-18(12-30(19)28-17)27-22(31)15-9-10-24-11-15/h3-12,24H,1-2H3,(H,27,31). The van der Waals surface area contributed by atoms with Crippen LogP contribution in [0.5, 0.6) is 0 Å². The van der Waals surface area contributed by atoms with Crippen LogP contribution in [0.2, 0.25) is 0 Å². The van der Waals surface area contributed by atoms with Crippen LogP contribution >= 0.6 is 0 Å². The molecule has 31 heavy (non-hydrogen) atoms. The number of carbonyl (C=O) groups is 1. The first-order chi connectivity index (χ1) is 15.0. The average Bonchev–Trinajstić information content (AvgIpc) is 3.48. The van der Waals surface area contributed by atoms with Crippen molar-refractivity contribution in [2.24, 2.45) is 7.05 Å². The molecule has 0 saturated heterocycles. The molecule has 0 bridgehead atoms. The van der Waals surface area contributed by atoms with E-state index in [-0.39, 0.29) is 11.7 Å². The summed E-state index contributed by atoms with van der Waals surface area (Å²) in [4.78, 5) is 24.2.